The van der Waals surface area contributed by atoms with Crippen LogP contribution in [0.4, 0.5) is 0 Å². The molecule has 1 unspecified atom stereocenters. The second kappa shape index (κ2) is 6.22. The van der Waals surface area contributed by atoms with Crippen LogP contribution < -0.4 is 0 Å². The fraction of sp³-hybridized carbons (Fsp3) is 0.909. The van der Waals surface area contributed by atoms with Crippen LogP contribution in [0.25, 0.3) is 0 Å². The highest BCUT2D eigenvalue weighted by Gasteiger charge is 2.23. The number of hydrogen-bond acceptors (Lipinski definition) is 3. The number of carbonyl (C=O) groups excluding carboxylic acids is 1. The van der Waals surface area contributed by atoms with Gasteiger partial charge in [-0.25, -0.2) is 4.31 Å². The largest absolute Gasteiger partial charge is 0.342 e. The van der Waals surface area contributed by atoms with Gasteiger partial charge in [0, 0.05) is 45.5 Å². The molecule has 2 aliphatic rings. The van der Waals surface area contributed by atoms with Gasteiger partial charge in [0.15, 0.2) is 0 Å². The Morgan fingerprint density at radius 1 is 1.12 bits per heavy atom. The molecule has 2 saturated heterocycles. The molecule has 4 nitrogen and oxygen atoms in total. The molecule has 0 saturated carbocycles. The van der Waals surface area contributed by atoms with Crippen molar-refractivity contribution in [2.75, 3.05) is 52.1 Å². The number of hydrogen-bond donors (Lipinski definition) is 0. The van der Waals surface area contributed by atoms with Crippen LogP contribution in [0.3, 0.4) is 0 Å². The van der Waals surface area contributed by atoms with Crippen molar-refractivity contribution < 1.29 is 4.79 Å². The van der Waals surface area contributed by atoms with Crippen LogP contribution in [0.15, 0.2) is 0 Å². The first-order valence-corrected chi connectivity index (χ1v) is 8.77. The molecule has 2 fully saturated rings. The number of rotatable bonds is 3. The van der Waals surface area contributed by atoms with Crippen molar-refractivity contribution in [2.24, 2.45) is 0 Å². The summed E-state index contributed by atoms with van der Waals surface area (Å²) in [5.74, 6) is 0.310. The molecule has 0 aromatic heterocycles. The normalized spacial score (nSPS) is 25.1. The SMILES string of the molecule is CS(=S)N1CCN(CC(=O)N2CCCC2)CC1. The summed E-state index contributed by atoms with van der Waals surface area (Å²) in [5.41, 5.74) is 0. The third-order valence-corrected chi connectivity index (χ3v) is 5.24. The van der Waals surface area contributed by atoms with Gasteiger partial charge in [0.25, 0.3) is 0 Å². The molecule has 0 aromatic carbocycles. The minimum Gasteiger partial charge on any atom is -0.342 e. The summed E-state index contributed by atoms with van der Waals surface area (Å²) in [6, 6.07) is 0. The van der Waals surface area contributed by atoms with Crippen molar-refractivity contribution in [1.82, 2.24) is 14.1 Å². The Balaban J connectivity index is 1.74. The molecule has 2 heterocycles. The topological polar surface area (TPSA) is 26.8 Å². The van der Waals surface area contributed by atoms with Gasteiger partial charge in [-0.15, -0.1) is 0 Å². The molecule has 2 rings (SSSR count). The second-order valence-electron chi connectivity index (χ2n) is 4.72. The van der Waals surface area contributed by atoms with E-state index in [-0.39, 0.29) is 9.64 Å². The van der Waals surface area contributed by atoms with Gasteiger partial charge in [-0.2, -0.15) is 0 Å². The molecule has 1 atom stereocenters. The van der Waals surface area contributed by atoms with Gasteiger partial charge in [-0.1, -0.05) is 9.64 Å². The van der Waals surface area contributed by atoms with E-state index in [9.17, 15) is 4.79 Å². The molecule has 0 spiro atoms. The first-order chi connectivity index (χ1) is 8.16. The van der Waals surface area contributed by atoms with Crippen molar-refractivity contribution >= 4 is 26.7 Å². The Bertz CT molecular complexity index is 297. The van der Waals surface area contributed by atoms with Gasteiger partial charge >= 0.3 is 0 Å². The quantitative estimate of drug-likeness (QED) is 0.716. The third kappa shape index (κ3) is 3.71. The van der Waals surface area contributed by atoms with E-state index in [0.29, 0.717) is 12.5 Å². The Labute approximate surface area is 111 Å². The summed E-state index contributed by atoms with van der Waals surface area (Å²) in [5, 5.41) is 0. The number of carbonyl (C=O) groups is 1. The number of piperazine rings is 1. The lowest BCUT2D eigenvalue weighted by molar-refractivity contribution is -0.131. The first-order valence-electron chi connectivity index (χ1n) is 6.25. The van der Waals surface area contributed by atoms with Crippen LogP contribution in [0.5, 0.6) is 0 Å². The number of likely N-dealkylation sites (tertiary alicyclic amines) is 1. The lowest BCUT2D eigenvalue weighted by atomic mass is 10.3. The van der Waals surface area contributed by atoms with Crippen molar-refractivity contribution in [3.05, 3.63) is 0 Å². The maximum atomic E-state index is 12.0. The predicted molar refractivity (Wildman–Crippen MR) is 74.5 cm³/mol. The lowest BCUT2D eigenvalue weighted by Gasteiger charge is -2.34. The fourth-order valence-electron chi connectivity index (χ4n) is 2.40. The molecule has 98 valence electrons. The Morgan fingerprint density at radius 3 is 2.24 bits per heavy atom. The monoisotopic (exact) mass is 275 g/mol. The van der Waals surface area contributed by atoms with E-state index in [1.54, 1.807) is 0 Å². The summed E-state index contributed by atoms with van der Waals surface area (Å²) >= 11 is 5.27. The minimum atomic E-state index is -0.0370. The van der Waals surface area contributed by atoms with Gasteiger partial charge in [-0.3, -0.25) is 9.69 Å². The average Bonchev–Trinajstić information content (AvgIpc) is 2.83. The van der Waals surface area contributed by atoms with Gasteiger partial charge in [-0.05, 0) is 24.0 Å². The molecule has 1 amide bonds. The summed E-state index contributed by atoms with van der Waals surface area (Å²) in [4.78, 5) is 16.2. The summed E-state index contributed by atoms with van der Waals surface area (Å²) in [6.07, 6.45) is 4.43. The molecule has 0 N–H and O–H groups in total. The minimum absolute atomic E-state index is 0.0370. The smallest absolute Gasteiger partial charge is 0.236 e. The van der Waals surface area contributed by atoms with Crippen LogP contribution in [0, 0.1) is 0 Å². The van der Waals surface area contributed by atoms with E-state index in [4.69, 9.17) is 11.2 Å². The first kappa shape index (κ1) is 13.4. The van der Waals surface area contributed by atoms with E-state index >= 15 is 0 Å². The van der Waals surface area contributed by atoms with Crippen LogP contribution in [-0.4, -0.2) is 72.1 Å². The van der Waals surface area contributed by atoms with Gasteiger partial charge in [0.05, 0.1) is 6.54 Å². The second-order valence-corrected chi connectivity index (χ2v) is 7.53. The van der Waals surface area contributed by atoms with E-state index in [1.165, 1.54) is 12.8 Å². The standard InChI is InChI=1S/C11H21N3OS2/c1-17(16)14-8-6-12(7-9-14)10-11(15)13-4-2-3-5-13/h2-10H2,1H3. The molecular weight excluding hydrogens is 254 g/mol. The highest BCUT2D eigenvalue weighted by molar-refractivity contribution is 8.27. The zero-order valence-corrected chi connectivity index (χ0v) is 12.1. The van der Waals surface area contributed by atoms with Crippen molar-refractivity contribution in [2.45, 2.75) is 12.8 Å². The molecule has 0 bridgehead atoms. The third-order valence-electron chi connectivity index (χ3n) is 3.51. The van der Waals surface area contributed by atoms with Gasteiger partial charge in [0.1, 0.15) is 0 Å². The molecule has 0 aliphatic carbocycles. The molecule has 0 radical (unpaired) electrons. The number of nitrogens with zero attached hydrogens (tertiary/aromatic N) is 3. The lowest BCUT2D eigenvalue weighted by Crippen LogP contribution is -2.49. The van der Waals surface area contributed by atoms with Crippen molar-refractivity contribution in [3.8, 4) is 0 Å². The zero-order valence-electron chi connectivity index (χ0n) is 10.4. The van der Waals surface area contributed by atoms with E-state index in [0.717, 1.165) is 39.3 Å². The van der Waals surface area contributed by atoms with Crippen molar-refractivity contribution in [3.63, 3.8) is 0 Å². The maximum absolute atomic E-state index is 12.0. The van der Waals surface area contributed by atoms with E-state index in [2.05, 4.69) is 15.5 Å². The molecule has 0 aromatic rings. The average molecular weight is 275 g/mol. The Kier molecular flexibility index (Phi) is 4.90. The fourth-order valence-corrected chi connectivity index (χ4v) is 3.53. The van der Waals surface area contributed by atoms with Crippen LogP contribution >= 0.6 is 0 Å². The van der Waals surface area contributed by atoms with Gasteiger partial charge < -0.3 is 4.90 Å². The highest BCUT2D eigenvalue weighted by atomic mass is 32.8. The molecule has 17 heavy (non-hydrogen) atoms. The van der Waals surface area contributed by atoms with E-state index < -0.39 is 0 Å². The Morgan fingerprint density at radius 2 is 1.71 bits per heavy atom. The van der Waals surface area contributed by atoms with Crippen LogP contribution in [0.1, 0.15) is 12.8 Å². The van der Waals surface area contributed by atoms with E-state index in [1.807, 2.05) is 4.90 Å². The number of amides is 1. The maximum Gasteiger partial charge on any atom is 0.236 e. The van der Waals surface area contributed by atoms with Crippen LogP contribution in [-0.2, 0) is 25.6 Å². The van der Waals surface area contributed by atoms with Gasteiger partial charge in [0.2, 0.25) is 5.91 Å². The molecular formula is C11H21N3OS2. The predicted octanol–water partition coefficient (Wildman–Crippen LogP) is -0.149. The summed E-state index contributed by atoms with van der Waals surface area (Å²) in [7, 11) is -0.0370. The molecule has 2 aliphatic heterocycles. The zero-order chi connectivity index (χ0) is 12.3. The van der Waals surface area contributed by atoms with Crippen molar-refractivity contribution in [1.29, 1.82) is 0 Å². The summed E-state index contributed by atoms with van der Waals surface area (Å²) < 4.78 is 2.33. The molecule has 6 heteroatoms. The highest BCUT2D eigenvalue weighted by Crippen LogP contribution is 2.09. The summed E-state index contributed by atoms with van der Waals surface area (Å²) in [6.45, 7) is 6.50. The van der Waals surface area contributed by atoms with Crippen LogP contribution in [0.2, 0.25) is 0 Å². The Hall–Kier alpha value is -0.0400.